The highest BCUT2D eigenvalue weighted by atomic mass is 16.5. The van der Waals surface area contributed by atoms with Crippen LogP contribution in [-0.4, -0.2) is 66.7 Å². The van der Waals surface area contributed by atoms with Gasteiger partial charge >= 0.3 is 0 Å². The molecule has 1 spiro atoms. The van der Waals surface area contributed by atoms with Crippen molar-refractivity contribution < 1.29 is 23.9 Å². The number of likely N-dealkylation sites (tertiary alicyclic amines) is 2. The minimum atomic E-state index is -0.288. The molecule has 0 radical (unpaired) electrons. The third-order valence-electron chi connectivity index (χ3n) is 7.28. The SMILES string of the molecule is COc1cccc(CC(=O)N2CCC3(CC2)CCN(C(=O)c2ccc(NC(C)=O)c(NC(C)=O)c2)C3)c1. The molecule has 0 unspecified atom stereocenters. The van der Waals surface area contributed by atoms with Gasteiger partial charge in [-0.3, -0.25) is 19.2 Å². The fourth-order valence-electron chi connectivity index (χ4n) is 5.27. The van der Waals surface area contributed by atoms with Crippen LogP contribution in [0, 0.1) is 5.41 Å². The lowest BCUT2D eigenvalue weighted by Crippen LogP contribution is -2.45. The van der Waals surface area contributed by atoms with Gasteiger partial charge < -0.3 is 25.2 Å². The number of ether oxygens (including phenoxy) is 1. The Morgan fingerprint density at radius 1 is 0.865 bits per heavy atom. The fourth-order valence-corrected chi connectivity index (χ4v) is 5.27. The summed E-state index contributed by atoms with van der Waals surface area (Å²) in [5, 5.41) is 5.37. The lowest BCUT2D eigenvalue weighted by Gasteiger charge is -2.39. The molecule has 2 fully saturated rings. The summed E-state index contributed by atoms with van der Waals surface area (Å²) < 4.78 is 5.26. The zero-order chi connectivity index (χ0) is 26.6. The van der Waals surface area contributed by atoms with Crippen molar-refractivity contribution in [1.82, 2.24) is 9.80 Å². The number of amides is 4. The van der Waals surface area contributed by atoms with E-state index < -0.39 is 0 Å². The minimum Gasteiger partial charge on any atom is -0.497 e. The number of nitrogens with one attached hydrogen (secondary N) is 2. The van der Waals surface area contributed by atoms with Gasteiger partial charge in [0.25, 0.3) is 5.91 Å². The largest absolute Gasteiger partial charge is 0.497 e. The molecule has 37 heavy (non-hydrogen) atoms. The fraction of sp³-hybridized carbons (Fsp3) is 0.429. The quantitative estimate of drug-likeness (QED) is 0.625. The van der Waals surface area contributed by atoms with Crippen LogP contribution >= 0.6 is 0 Å². The topological polar surface area (TPSA) is 108 Å². The molecule has 4 rings (SSSR count). The predicted octanol–water partition coefficient (Wildman–Crippen LogP) is 3.31. The molecule has 0 bridgehead atoms. The number of rotatable bonds is 6. The first-order valence-electron chi connectivity index (χ1n) is 12.6. The number of nitrogens with zero attached hydrogens (tertiary/aromatic N) is 2. The predicted molar refractivity (Wildman–Crippen MR) is 141 cm³/mol. The molecule has 0 aromatic heterocycles. The van der Waals surface area contributed by atoms with E-state index in [-0.39, 0.29) is 29.0 Å². The molecule has 4 amide bonds. The van der Waals surface area contributed by atoms with Crippen molar-refractivity contribution in [1.29, 1.82) is 0 Å². The first kappa shape index (κ1) is 26.2. The molecule has 0 aliphatic carbocycles. The number of anilines is 2. The van der Waals surface area contributed by atoms with Gasteiger partial charge in [0.05, 0.1) is 24.9 Å². The lowest BCUT2D eigenvalue weighted by molar-refractivity contribution is -0.132. The highest BCUT2D eigenvalue weighted by molar-refractivity contribution is 6.02. The second kappa shape index (κ2) is 11.0. The summed E-state index contributed by atoms with van der Waals surface area (Å²) in [6.07, 6.45) is 2.97. The zero-order valence-corrected chi connectivity index (χ0v) is 21.6. The van der Waals surface area contributed by atoms with E-state index in [0.29, 0.717) is 49.5 Å². The van der Waals surface area contributed by atoms with E-state index in [9.17, 15) is 19.2 Å². The van der Waals surface area contributed by atoms with Gasteiger partial charge in [0.15, 0.2) is 0 Å². The number of hydrogen-bond donors (Lipinski definition) is 2. The van der Waals surface area contributed by atoms with Crippen molar-refractivity contribution in [3.63, 3.8) is 0 Å². The number of methoxy groups -OCH3 is 1. The van der Waals surface area contributed by atoms with Gasteiger partial charge in [-0.1, -0.05) is 12.1 Å². The molecule has 9 heteroatoms. The molecule has 2 N–H and O–H groups in total. The van der Waals surface area contributed by atoms with E-state index in [0.717, 1.165) is 30.6 Å². The Morgan fingerprint density at radius 3 is 2.16 bits per heavy atom. The van der Waals surface area contributed by atoms with Crippen LogP contribution in [0.1, 0.15) is 49.0 Å². The third kappa shape index (κ3) is 6.28. The lowest BCUT2D eigenvalue weighted by atomic mass is 9.77. The van der Waals surface area contributed by atoms with Crippen molar-refractivity contribution in [3.8, 4) is 5.75 Å². The van der Waals surface area contributed by atoms with Crippen LogP contribution < -0.4 is 15.4 Å². The van der Waals surface area contributed by atoms with Gasteiger partial charge in [-0.2, -0.15) is 0 Å². The highest BCUT2D eigenvalue weighted by Crippen LogP contribution is 2.41. The summed E-state index contributed by atoms with van der Waals surface area (Å²) in [7, 11) is 1.61. The number of piperidine rings is 1. The number of benzene rings is 2. The van der Waals surface area contributed by atoms with Crippen LogP contribution in [0.2, 0.25) is 0 Å². The summed E-state index contributed by atoms with van der Waals surface area (Å²) in [6, 6.07) is 12.5. The third-order valence-corrected chi connectivity index (χ3v) is 7.28. The molecule has 2 aromatic carbocycles. The average molecular weight is 507 g/mol. The molecule has 2 aromatic rings. The van der Waals surface area contributed by atoms with Gasteiger partial charge in [0, 0.05) is 45.6 Å². The summed E-state index contributed by atoms with van der Waals surface area (Å²) in [5.41, 5.74) is 2.25. The maximum absolute atomic E-state index is 13.3. The van der Waals surface area contributed by atoms with Crippen LogP contribution in [0.25, 0.3) is 0 Å². The van der Waals surface area contributed by atoms with E-state index in [1.54, 1.807) is 25.3 Å². The zero-order valence-electron chi connectivity index (χ0n) is 21.6. The molecule has 2 aliphatic heterocycles. The number of carbonyl (C=O) groups excluding carboxylic acids is 4. The van der Waals surface area contributed by atoms with Gasteiger partial charge in [0.1, 0.15) is 5.75 Å². The van der Waals surface area contributed by atoms with Gasteiger partial charge in [-0.15, -0.1) is 0 Å². The van der Waals surface area contributed by atoms with Crippen LogP contribution in [0.15, 0.2) is 42.5 Å². The van der Waals surface area contributed by atoms with E-state index in [1.807, 2.05) is 34.1 Å². The van der Waals surface area contributed by atoms with Crippen molar-refractivity contribution in [2.24, 2.45) is 5.41 Å². The summed E-state index contributed by atoms with van der Waals surface area (Å²) in [6.45, 7) is 5.43. The van der Waals surface area contributed by atoms with Crippen molar-refractivity contribution in [3.05, 3.63) is 53.6 Å². The summed E-state index contributed by atoms with van der Waals surface area (Å²) in [5.74, 6) is 0.199. The molecule has 2 saturated heterocycles. The maximum Gasteiger partial charge on any atom is 0.253 e. The number of carbonyl (C=O) groups is 4. The van der Waals surface area contributed by atoms with Gasteiger partial charge in [-0.25, -0.2) is 0 Å². The van der Waals surface area contributed by atoms with Crippen LogP contribution in [0.4, 0.5) is 11.4 Å². The van der Waals surface area contributed by atoms with Crippen LogP contribution in [0.5, 0.6) is 5.75 Å². The Hall–Kier alpha value is -3.88. The van der Waals surface area contributed by atoms with Gasteiger partial charge in [0.2, 0.25) is 17.7 Å². The molecular formula is C28H34N4O5. The van der Waals surface area contributed by atoms with Gasteiger partial charge in [-0.05, 0) is 60.6 Å². The molecule has 196 valence electrons. The van der Waals surface area contributed by atoms with Crippen molar-refractivity contribution in [2.75, 3.05) is 43.9 Å². The summed E-state index contributed by atoms with van der Waals surface area (Å²) in [4.78, 5) is 53.2. The molecule has 9 nitrogen and oxygen atoms in total. The highest BCUT2D eigenvalue weighted by Gasteiger charge is 2.42. The molecule has 2 heterocycles. The van der Waals surface area contributed by atoms with Crippen LogP contribution in [0.3, 0.4) is 0 Å². The minimum absolute atomic E-state index is 0.0129. The molecular weight excluding hydrogens is 472 g/mol. The standard InChI is InChI=1S/C28H34N4O5/c1-19(33)29-24-8-7-22(17-25(24)30-20(2)34)27(36)32-14-11-28(18-32)9-12-31(13-10-28)26(35)16-21-5-4-6-23(15-21)37-3/h4-8,15,17H,9-14,16,18H2,1-3H3,(H,29,33)(H,30,34). The second-order valence-electron chi connectivity index (χ2n) is 10.0. The van der Waals surface area contributed by atoms with E-state index >= 15 is 0 Å². The molecule has 0 atom stereocenters. The van der Waals surface area contributed by atoms with E-state index in [4.69, 9.17) is 4.74 Å². The Balaban J connectivity index is 1.36. The van der Waals surface area contributed by atoms with E-state index in [2.05, 4.69) is 10.6 Å². The smallest absolute Gasteiger partial charge is 0.253 e. The normalized spacial score (nSPS) is 16.4. The van der Waals surface area contributed by atoms with Crippen LogP contribution in [-0.2, 0) is 20.8 Å². The average Bonchev–Trinajstić information content (AvgIpc) is 3.28. The first-order valence-corrected chi connectivity index (χ1v) is 12.6. The first-order chi connectivity index (χ1) is 17.7. The summed E-state index contributed by atoms with van der Waals surface area (Å²) >= 11 is 0. The van der Waals surface area contributed by atoms with Crippen molar-refractivity contribution >= 4 is 35.0 Å². The van der Waals surface area contributed by atoms with E-state index in [1.165, 1.54) is 13.8 Å². The Labute approximate surface area is 217 Å². The molecule has 0 saturated carbocycles. The second-order valence-corrected chi connectivity index (χ2v) is 10.0. The Bertz CT molecular complexity index is 1200. The monoisotopic (exact) mass is 506 g/mol. The Morgan fingerprint density at radius 2 is 1.51 bits per heavy atom. The number of hydrogen-bond acceptors (Lipinski definition) is 5. The van der Waals surface area contributed by atoms with Crippen molar-refractivity contribution in [2.45, 2.75) is 39.5 Å². The Kier molecular flexibility index (Phi) is 7.80. The molecule has 2 aliphatic rings. The maximum atomic E-state index is 13.3.